The van der Waals surface area contributed by atoms with E-state index in [1.807, 2.05) is 0 Å². The van der Waals surface area contributed by atoms with Crippen molar-refractivity contribution in [2.45, 2.75) is 117 Å². The monoisotopic (exact) mass is 833 g/mol. The molecule has 2 aliphatic rings. The van der Waals surface area contributed by atoms with Crippen LogP contribution in [0.25, 0.3) is 88.0 Å². The molecule has 0 N–H and O–H groups in total. The lowest BCUT2D eigenvalue weighted by atomic mass is 9.76. The fraction of sp³-hybridized carbons (Fsp3) is 0.281. The highest BCUT2D eigenvalue weighted by atomic mass is 14.4. The Labute approximate surface area is 383 Å². The van der Waals surface area contributed by atoms with Crippen molar-refractivity contribution in [1.29, 1.82) is 0 Å². The van der Waals surface area contributed by atoms with Crippen LogP contribution >= 0.6 is 0 Å². The lowest BCUT2D eigenvalue weighted by Gasteiger charge is -2.28. The third-order valence-corrected chi connectivity index (χ3v) is 15.5. The van der Waals surface area contributed by atoms with E-state index in [0.29, 0.717) is 0 Å². The maximum Gasteiger partial charge on any atom is 0.0159 e. The predicted molar refractivity (Wildman–Crippen MR) is 280 cm³/mol. The van der Waals surface area contributed by atoms with E-state index in [1.54, 1.807) is 0 Å². The SMILES string of the molecule is CC(C)(C)c1ccc2c(c1)C(C)(C)c1cc(C(C)(C)C)cc(-c3ccc4c(c3)C(C)(C)c3cc(-c5ccc(-c6ccc7ccc8cc(C(C)(C)C)cc9ccc6c7c89)cc5)ccc3-4)c1-2.[HH]. The Morgan fingerprint density at radius 2 is 0.766 bits per heavy atom. The summed E-state index contributed by atoms with van der Waals surface area (Å²) in [5.41, 5.74) is 23.0. The molecule has 0 aliphatic heterocycles. The van der Waals surface area contributed by atoms with Gasteiger partial charge in [0.1, 0.15) is 0 Å². The Morgan fingerprint density at radius 1 is 0.312 bits per heavy atom. The molecule has 0 unspecified atom stereocenters. The Morgan fingerprint density at radius 3 is 1.41 bits per heavy atom. The van der Waals surface area contributed by atoms with Crippen LogP contribution in [0.4, 0.5) is 0 Å². The fourth-order valence-electron chi connectivity index (χ4n) is 11.4. The van der Waals surface area contributed by atoms with Gasteiger partial charge in [0.15, 0.2) is 0 Å². The molecule has 0 nitrogen and oxygen atoms in total. The van der Waals surface area contributed by atoms with Crippen molar-refractivity contribution in [2.24, 2.45) is 0 Å². The van der Waals surface area contributed by atoms with Gasteiger partial charge in [-0.05, 0) is 161 Å². The average molecular weight is 833 g/mol. The van der Waals surface area contributed by atoms with Gasteiger partial charge in [-0.2, -0.15) is 0 Å². The Kier molecular flexibility index (Phi) is 8.47. The van der Waals surface area contributed by atoms with Crippen LogP contribution < -0.4 is 0 Å². The summed E-state index contributed by atoms with van der Waals surface area (Å²) in [6, 6.07) is 54.8. The zero-order valence-electron chi connectivity index (χ0n) is 40.3. The highest BCUT2D eigenvalue weighted by Crippen LogP contribution is 2.56. The van der Waals surface area contributed by atoms with Gasteiger partial charge in [0, 0.05) is 12.3 Å². The van der Waals surface area contributed by atoms with E-state index in [0.717, 1.165) is 0 Å². The van der Waals surface area contributed by atoms with E-state index in [2.05, 4.69) is 230 Å². The van der Waals surface area contributed by atoms with Gasteiger partial charge in [0.2, 0.25) is 0 Å². The first kappa shape index (κ1) is 40.8. The summed E-state index contributed by atoms with van der Waals surface area (Å²) in [5, 5.41) is 8.03. The van der Waals surface area contributed by atoms with Crippen LogP contribution in [0.15, 0.2) is 140 Å². The molecule has 320 valence electrons. The molecule has 0 radical (unpaired) electrons. The van der Waals surface area contributed by atoms with E-state index in [-0.39, 0.29) is 28.5 Å². The van der Waals surface area contributed by atoms with Crippen LogP contribution in [0, 0.1) is 0 Å². The smallest absolute Gasteiger partial charge is 0.0159 e. The average Bonchev–Trinajstić information content (AvgIpc) is 3.62. The predicted octanol–water partition coefficient (Wildman–Crippen LogP) is 18.3. The number of hydrogen-bond acceptors (Lipinski definition) is 0. The van der Waals surface area contributed by atoms with Gasteiger partial charge in [-0.3, -0.25) is 0 Å². The third kappa shape index (κ3) is 6.01. The summed E-state index contributed by atoms with van der Waals surface area (Å²) in [7, 11) is 0. The lowest BCUT2D eigenvalue weighted by molar-refractivity contribution is 0.580. The third-order valence-electron chi connectivity index (χ3n) is 15.5. The molecule has 11 rings (SSSR count). The molecular weight excluding hydrogens is 769 g/mol. The van der Waals surface area contributed by atoms with Crippen LogP contribution in [0.1, 0.15) is 130 Å². The summed E-state index contributed by atoms with van der Waals surface area (Å²) in [5.74, 6) is 0. The van der Waals surface area contributed by atoms with Gasteiger partial charge < -0.3 is 0 Å². The van der Waals surface area contributed by atoms with Crippen molar-refractivity contribution in [2.75, 3.05) is 0 Å². The van der Waals surface area contributed by atoms with Gasteiger partial charge in [-0.15, -0.1) is 0 Å². The molecule has 0 saturated heterocycles. The van der Waals surface area contributed by atoms with Crippen molar-refractivity contribution in [3.63, 3.8) is 0 Å². The number of hydrogen-bond donors (Lipinski definition) is 0. The molecule has 0 heteroatoms. The van der Waals surface area contributed by atoms with Crippen LogP contribution in [0.5, 0.6) is 0 Å². The summed E-state index contributed by atoms with van der Waals surface area (Å²) in [4.78, 5) is 0. The molecular formula is C64H64. The topological polar surface area (TPSA) is 0 Å². The summed E-state index contributed by atoms with van der Waals surface area (Å²) < 4.78 is 0. The van der Waals surface area contributed by atoms with Crippen molar-refractivity contribution < 1.29 is 1.43 Å². The van der Waals surface area contributed by atoms with Crippen molar-refractivity contribution in [3.8, 4) is 55.6 Å². The van der Waals surface area contributed by atoms with E-state index < -0.39 is 0 Å². The Balaban J connectivity index is 0.00000498. The lowest BCUT2D eigenvalue weighted by Crippen LogP contribution is -2.19. The molecule has 0 bridgehead atoms. The van der Waals surface area contributed by atoms with E-state index in [4.69, 9.17) is 0 Å². The van der Waals surface area contributed by atoms with Gasteiger partial charge in [-0.25, -0.2) is 0 Å². The molecule has 0 amide bonds. The summed E-state index contributed by atoms with van der Waals surface area (Å²) in [6.45, 7) is 30.7. The van der Waals surface area contributed by atoms with Gasteiger partial charge in [0.25, 0.3) is 0 Å². The van der Waals surface area contributed by atoms with Crippen LogP contribution in [-0.2, 0) is 27.1 Å². The molecule has 0 fully saturated rings. The van der Waals surface area contributed by atoms with E-state index >= 15 is 0 Å². The zero-order valence-corrected chi connectivity index (χ0v) is 40.3. The minimum absolute atomic E-state index is 0. The van der Waals surface area contributed by atoms with E-state index in [9.17, 15) is 0 Å². The summed E-state index contributed by atoms with van der Waals surface area (Å²) in [6.07, 6.45) is 0. The largest absolute Gasteiger partial charge is 0.0579 e. The van der Waals surface area contributed by atoms with Crippen LogP contribution in [0.3, 0.4) is 0 Å². The molecule has 9 aromatic carbocycles. The quantitative estimate of drug-likeness (QED) is 0.156. The minimum Gasteiger partial charge on any atom is -0.0579 e. The fourth-order valence-corrected chi connectivity index (χ4v) is 11.4. The second kappa shape index (κ2) is 13.3. The van der Waals surface area contributed by atoms with Gasteiger partial charge >= 0.3 is 0 Å². The van der Waals surface area contributed by atoms with Crippen LogP contribution in [-0.4, -0.2) is 0 Å². The first-order valence-corrected chi connectivity index (χ1v) is 23.6. The molecule has 0 aromatic heterocycles. The second-order valence-electron chi connectivity index (χ2n) is 23.5. The van der Waals surface area contributed by atoms with Crippen molar-refractivity contribution in [1.82, 2.24) is 0 Å². The highest BCUT2D eigenvalue weighted by Gasteiger charge is 2.40. The van der Waals surface area contributed by atoms with Crippen molar-refractivity contribution >= 4 is 32.3 Å². The molecule has 64 heavy (non-hydrogen) atoms. The maximum atomic E-state index is 2.53. The van der Waals surface area contributed by atoms with Gasteiger partial charge in [0.05, 0.1) is 0 Å². The van der Waals surface area contributed by atoms with E-state index in [1.165, 1.54) is 127 Å². The zero-order chi connectivity index (χ0) is 45.0. The standard InChI is InChI=1S/C64H62.H2/c1-60(2,3)44-24-29-51-55(35-44)64(12,13)56-36-46(62(7,8)9)34-52(59(51)56)41-22-27-49-48-26-21-40(32-53(48)63(10,11)54(49)33-41)37-14-16-38(17-15-37)47-25-20-39-18-19-42-30-45(61(4,5)6)31-43-23-28-50(47)58(39)57(42)43;/h14-36H,1-13H3;1H. The highest BCUT2D eigenvalue weighted by molar-refractivity contribution is 6.25. The second-order valence-corrected chi connectivity index (χ2v) is 23.5. The molecule has 0 heterocycles. The summed E-state index contributed by atoms with van der Waals surface area (Å²) >= 11 is 0. The molecule has 9 aromatic rings. The van der Waals surface area contributed by atoms with Crippen molar-refractivity contribution in [3.05, 3.63) is 178 Å². The number of rotatable bonds is 3. The van der Waals surface area contributed by atoms with Crippen LogP contribution in [0.2, 0.25) is 0 Å². The minimum atomic E-state index is -0.157. The molecule has 0 saturated carbocycles. The Hall–Kier alpha value is -5.98. The molecule has 0 atom stereocenters. The van der Waals surface area contributed by atoms with Gasteiger partial charge in [-0.1, -0.05) is 211 Å². The first-order chi connectivity index (χ1) is 30.1. The molecule has 2 aliphatic carbocycles. The number of benzene rings is 9. The first-order valence-electron chi connectivity index (χ1n) is 23.6. The maximum absolute atomic E-state index is 2.53. The molecule has 0 spiro atoms. The number of fused-ring (bicyclic) bond motifs is 6. The Bertz CT molecular complexity index is 3390. The normalized spacial score (nSPS) is 15.2.